The molecule has 0 radical (unpaired) electrons. The molecule has 0 aliphatic heterocycles. The highest BCUT2D eigenvalue weighted by atomic mass is 127. The van der Waals surface area contributed by atoms with Gasteiger partial charge in [-0.05, 0) is 98.1 Å². The zero-order chi connectivity index (χ0) is 27.9. The minimum atomic E-state index is -1.10. The first-order valence-corrected chi connectivity index (χ1v) is 13.2. The minimum absolute atomic E-state index is 0.00105. The van der Waals surface area contributed by atoms with E-state index in [9.17, 15) is 19.5 Å². The molecule has 0 saturated heterocycles. The molecule has 0 fully saturated rings. The van der Waals surface area contributed by atoms with Crippen LogP contribution in [-0.2, 0) is 0 Å². The van der Waals surface area contributed by atoms with Gasteiger partial charge in [-0.2, -0.15) is 0 Å². The van der Waals surface area contributed by atoms with Gasteiger partial charge in [0.25, 0.3) is 0 Å². The van der Waals surface area contributed by atoms with Crippen LogP contribution in [0.3, 0.4) is 0 Å². The maximum atomic E-state index is 10.7. The lowest BCUT2D eigenvalue weighted by atomic mass is 10.2. The summed E-state index contributed by atoms with van der Waals surface area (Å²) in [5.74, 6) is -3.32. The topological polar surface area (TPSA) is 173 Å². The second kappa shape index (κ2) is 14.5. The zero-order valence-corrected chi connectivity index (χ0v) is 25.9. The van der Waals surface area contributed by atoms with Crippen LogP contribution in [-0.4, -0.2) is 48.5 Å². The Bertz CT molecular complexity index is 1330. The molecule has 6 N–H and O–H groups in total. The number of aromatic carboxylic acids is 3. The molecule has 0 heterocycles. The van der Waals surface area contributed by atoms with Gasteiger partial charge in [-0.25, -0.2) is 14.4 Å². The maximum absolute atomic E-state index is 10.7. The molecule has 0 spiro atoms. The van der Waals surface area contributed by atoms with E-state index in [1.54, 1.807) is 22.6 Å². The van der Waals surface area contributed by atoms with E-state index < -0.39 is 17.9 Å². The molecule has 0 saturated carbocycles. The summed E-state index contributed by atoms with van der Waals surface area (Å²) in [6.07, 6.45) is 0. The largest absolute Gasteiger partial charge is 0.508 e. The highest BCUT2D eigenvalue weighted by Crippen LogP contribution is 2.34. The predicted molar refractivity (Wildman–Crippen MR) is 158 cm³/mol. The number of aromatic hydroxyl groups is 3. The van der Waals surface area contributed by atoms with Crippen molar-refractivity contribution in [2.24, 2.45) is 0 Å². The number of rotatable bonds is 3. The van der Waals surface area contributed by atoms with Crippen molar-refractivity contribution in [1.82, 2.24) is 0 Å². The van der Waals surface area contributed by atoms with Crippen molar-refractivity contribution in [3.63, 3.8) is 0 Å². The van der Waals surface area contributed by atoms with Gasteiger partial charge in [-0.15, -0.1) is 0 Å². The van der Waals surface area contributed by atoms with E-state index in [0.717, 1.165) is 0 Å². The number of phenolic OH excluding ortho intramolecular Hbond substituents is 3. The zero-order valence-electron chi connectivity index (χ0n) is 17.1. The van der Waals surface area contributed by atoms with Gasteiger partial charge in [-0.1, -0.05) is 34.8 Å². The molecular weight excluding hydrogens is 883 g/mol. The third kappa shape index (κ3) is 9.13. The molecular formula is C21H12Cl3I3O9. The third-order valence-electron chi connectivity index (χ3n) is 3.81. The Balaban J connectivity index is 0.000000271. The molecule has 15 heteroatoms. The number of benzene rings is 3. The lowest BCUT2D eigenvalue weighted by Gasteiger charge is -2.05. The molecule has 0 bridgehead atoms. The lowest BCUT2D eigenvalue weighted by Crippen LogP contribution is -2.00. The van der Waals surface area contributed by atoms with Crippen LogP contribution in [0.1, 0.15) is 31.1 Å². The number of carboxylic acid groups (broad SMARTS) is 3. The number of phenols is 3. The molecule has 36 heavy (non-hydrogen) atoms. The molecule has 0 aliphatic rings. The summed E-state index contributed by atoms with van der Waals surface area (Å²) < 4.78 is 1.31. The highest BCUT2D eigenvalue weighted by Gasteiger charge is 2.17. The van der Waals surface area contributed by atoms with Crippen LogP contribution >= 0.6 is 103 Å². The summed E-state index contributed by atoms with van der Waals surface area (Å²) in [6.45, 7) is 0. The number of halogens is 6. The van der Waals surface area contributed by atoms with Crippen molar-refractivity contribution >= 4 is 120 Å². The monoisotopic (exact) mass is 894 g/mol. The first kappa shape index (κ1) is 32.6. The summed E-state index contributed by atoms with van der Waals surface area (Å²) in [7, 11) is 0. The van der Waals surface area contributed by atoms with E-state index >= 15 is 0 Å². The van der Waals surface area contributed by atoms with Gasteiger partial charge in [0.15, 0.2) is 0 Å². The van der Waals surface area contributed by atoms with Gasteiger partial charge < -0.3 is 30.6 Å². The van der Waals surface area contributed by atoms with Crippen molar-refractivity contribution < 1.29 is 45.0 Å². The fourth-order valence-electron chi connectivity index (χ4n) is 2.12. The molecule has 192 valence electrons. The van der Waals surface area contributed by atoms with Crippen LogP contribution in [0.15, 0.2) is 36.4 Å². The molecule has 0 aliphatic carbocycles. The smallest absolute Gasteiger partial charge is 0.337 e. The van der Waals surface area contributed by atoms with E-state index in [1.807, 2.05) is 45.2 Å². The number of hydrogen-bond donors (Lipinski definition) is 6. The quantitative estimate of drug-likeness (QED) is 0.119. The molecule has 0 atom stereocenters. The lowest BCUT2D eigenvalue weighted by molar-refractivity contribution is 0.0686. The summed E-state index contributed by atoms with van der Waals surface area (Å²) in [6, 6.07) is 7.58. The highest BCUT2D eigenvalue weighted by molar-refractivity contribution is 14.1. The van der Waals surface area contributed by atoms with E-state index in [-0.39, 0.29) is 49.0 Å². The van der Waals surface area contributed by atoms with Crippen LogP contribution in [0.4, 0.5) is 0 Å². The fourth-order valence-corrected chi connectivity index (χ4v) is 4.98. The Morgan fingerprint density at radius 1 is 0.639 bits per heavy atom. The summed E-state index contributed by atoms with van der Waals surface area (Å²) >= 11 is 22.2. The Morgan fingerprint density at radius 2 is 1.11 bits per heavy atom. The Kier molecular flexibility index (Phi) is 13.1. The van der Waals surface area contributed by atoms with Crippen molar-refractivity contribution in [3.05, 3.63) is 78.9 Å². The van der Waals surface area contributed by atoms with Crippen molar-refractivity contribution in [1.29, 1.82) is 0 Å². The van der Waals surface area contributed by atoms with Crippen molar-refractivity contribution in [2.75, 3.05) is 0 Å². The first-order chi connectivity index (χ1) is 16.6. The standard InChI is InChI=1S/C7H3ClI2O3.C7H4ClIO3.C7H5ClO3/c8-4-2(7(12)13)1-3(9)6(11)5(4)10;8-4-2-6(10)5(9)1-3(4)7(11)12;8-6-3-4(9)1-2-5(6)7(10)11/h1,11H,(H,12,13);1-2,10H,(H,11,12);1-3,9H,(H,10,11). The van der Waals surface area contributed by atoms with Crippen LogP contribution in [0, 0.1) is 10.7 Å². The molecule has 0 amide bonds. The molecule has 9 nitrogen and oxygen atoms in total. The van der Waals surface area contributed by atoms with Crippen LogP contribution in [0.2, 0.25) is 15.1 Å². The van der Waals surface area contributed by atoms with Crippen molar-refractivity contribution in [3.8, 4) is 17.2 Å². The average Bonchev–Trinajstić information content (AvgIpc) is 2.77. The normalized spacial score (nSPS) is 9.83. The predicted octanol–water partition coefficient (Wildman–Crippen LogP) is 7.05. The van der Waals surface area contributed by atoms with Gasteiger partial charge in [0, 0.05) is 6.07 Å². The third-order valence-corrected chi connectivity index (χ3v) is 7.89. The Morgan fingerprint density at radius 3 is 1.58 bits per heavy atom. The maximum Gasteiger partial charge on any atom is 0.337 e. The summed E-state index contributed by atoms with van der Waals surface area (Å²) in [4.78, 5) is 31.5. The molecule has 3 aromatic carbocycles. The molecule has 0 aromatic heterocycles. The number of hydrogen-bond acceptors (Lipinski definition) is 6. The van der Waals surface area contributed by atoms with E-state index in [2.05, 4.69) is 0 Å². The van der Waals surface area contributed by atoms with E-state index in [0.29, 0.717) is 10.7 Å². The van der Waals surface area contributed by atoms with Crippen LogP contribution < -0.4 is 0 Å². The van der Waals surface area contributed by atoms with Gasteiger partial charge >= 0.3 is 17.9 Å². The van der Waals surface area contributed by atoms with Crippen LogP contribution in [0.5, 0.6) is 17.2 Å². The van der Waals surface area contributed by atoms with Gasteiger partial charge in [-0.3, -0.25) is 0 Å². The fraction of sp³-hybridized carbons (Fsp3) is 0. The van der Waals surface area contributed by atoms with E-state index in [1.165, 1.54) is 36.4 Å². The first-order valence-electron chi connectivity index (χ1n) is 8.81. The van der Waals surface area contributed by atoms with Crippen molar-refractivity contribution in [2.45, 2.75) is 0 Å². The van der Waals surface area contributed by atoms with Gasteiger partial charge in [0.1, 0.15) is 17.2 Å². The molecule has 0 unspecified atom stereocenters. The average molecular weight is 895 g/mol. The second-order valence-electron chi connectivity index (χ2n) is 6.25. The second-order valence-corrected chi connectivity index (χ2v) is 10.8. The van der Waals surface area contributed by atoms with Crippen LogP contribution in [0.25, 0.3) is 0 Å². The minimum Gasteiger partial charge on any atom is -0.508 e. The Hall–Kier alpha value is -1.47. The molecule has 3 aromatic rings. The van der Waals surface area contributed by atoms with E-state index in [4.69, 9.17) is 60.3 Å². The number of carboxylic acids is 3. The Labute approximate surface area is 259 Å². The van der Waals surface area contributed by atoms with Gasteiger partial charge in [0.2, 0.25) is 0 Å². The summed E-state index contributed by atoms with van der Waals surface area (Å²) in [5, 5.41) is 53.4. The SMILES string of the molecule is O=C(O)c1cc(I)c(O)c(I)c1Cl.O=C(O)c1cc(I)c(O)cc1Cl.O=C(O)c1ccc(O)cc1Cl. The number of carbonyl (C=O) groups is 3. The van der Waals surface area contributed by atoms with Gasteiger partial charge in [0.05, 0.1) is 42.5 Å². The molecule has 3 rings (SSSR count). The summed E-state index contributed by atoms with van der Waals surface area (Å²) in [5.41, 5.74) is -0.00315.